The number of carbonyl (C=O) groups excluding carboxylic acids is 1. The zero-order valence-corrected chi connectivity index (χ0v) is 3.49. The molecule has 0 bridgehead atoms. The second-order valence-electron chi connectivity index (χ2n) is 1.27. The van der Waals surface area contributed by atoms with E-state index >= 15 is 0 Å². The first-order valence-corrected chi connectivity index (χ1v) is 1.65. The van der Waals surface area contributed by atoms with E-state index in [2.05, 4.69) is 0 Å². The molecule has 28 valence electrons. The van der Waals surface area contributed by atoms with E-state index in [1.807, 2.05) is 0 Å². The van der Waals surface area contributed by atoms with E-state index in [1.165, 1.54) is 0 Å². The van der Waals surface area contributed by atoms with Gasteiger partial charge in [-0.25, -0.2) is 0 Å². The molecule has 0 saturated heterocycles. The molecule has 0 aromatic carbocycles. The van der Waals surface area contributed by atoms with Crippen molar-refractivity contribution in [3.05, 3.63) is 0 Å². The Bertz CT molecular complexity index is 30.6. The predicted molar refractivity (Wildman–Crippen MR) is 20.5 cm³/mol. The fraction of sp³-hybridized carbons (Fsp3) is 0.750. The summed E-state index contributed by atoms with van der Waals surface area (Å²) in [6.07, 6.45) is 1.78. The molecule has 0 radical (unpaired) electrons. The molecule has 0 N–H and O–H groups in total. The molecule has 0 aliphatic carbocycles. The molecule has 0 aromatic heterocycles. The maximum atomic E-state index is 9.38. The summed E-state index contributed by atoms with van der Waals surface area (Å²) in [5.74, 6) is 0.0787. The zero-order valence-electron chi connectivity index (χ0n) is 3.49. The minimum Gasteiger partial charge on any atom is -0.00728 e. The molecule has 0 fully saturated rings. The van der Waals surface area contributed by atoms with Crippen LogP contribution < -0.4 is 0 Å². The molecule has 0 saturated carbocycles. The summed E-state index contributed by atoms with van der Waals surface area (Å²) in [5, 5.41) is 0. The highest BCUT2D eigenvalue weighted by atomic mass is 16.1. The van der Waals surface area contributed by atoms with Crippen LogP contribution in [0.15, 0.2) is 0 Å². The van der Waals surface area contributed by atoms with E-state index in [4.69, 9.17) is 0 Å². The lowest BCUT2D eigenvalue weighted by Gasteiger charge is -1.60. The molecule has 0 amide bonds. The fourth-order valence-corrected chi connectivity index (χ4v) is 0. The van der Waals surface area contributed by atoms with Crippen molar-refractivity contribution in [1.82, 2.24) is 0 Å². The van der Waals surface area contributed by atoms with Crippen LogP contribution in [-0.4, -0.2) is 6.29 Å². The highest BCUT2D eigenvalue weighted by Crippen LogP contribution is 1.78. The van der Waals surface area contributed by atoms with E-state index in [9.17, 15) is 4.79 Å². The van der Waals surface area contributed by atoms with Crippen LogP contribution in [0.25, 0.3) is 0 Å². The highest BCUT2D eigenvalue weighted by molar-refractivity contribution is 5.52. The lowest BCUT2D eigenvalue weighted by atomic mass is 10.3. The van der Waals surface area contributed by atoms with Crippen LogP contribution in [0.1, 0.15) is 13.8 Å². The van der Waals surface area contributed by atoms with Gasteiger partial charge >= 0.3 is 6.29 Å². The second kappa shape index (κ2) is 1.86. The van der Waals surface area contributed by atoms with Crippen molar-refractivity contribution < 1.29 is 4.79 Å². The van der Waals surface area contributed by atoms with Gasteiger partial charge in [0, 0.05) is 4.79 Å². The van der Waals surface area contributed by atoms with Crippen molar-refractivity contribution in [3.63, 3.8) is 0 Å². The van der Waals surface area contributed by atoms with Crippen molar-refractivity contribution in [2.45, 2.75) is 13.8 Å². The van der Waals surface area contributed by atoms with Crippen LogP contribution in [0.2, 0.25) is 0 Å². The molecule has 0 aliphatic rings. The first-order valence-electron chi connectivity index (χ1n) is 1.65. The first kappa shape index (κ1) is 4.58. The Hall–Kier alpha value is -0.420. The maximum Gasteiger partial charge on any atom is 0.508 e. The summed E-state index contributed by atoms with van der Waals surface area (Å²) in [5.41, 5.74) is 0. The molecule has 0 unspecified atom stereocenters. The smallest absolute Gasteiger partial charge is 0.00728 e. The summed E-state index contributed by atoms with van der Waals surface area (Å²) in [6.45, 7) is 3.60. The second-order valence-corrected chi connectivity index (χ2v) is 1.27. The minimum atomic E-state index is 0.0787. The number of hydrogen-bond donors (Lipinski definition) is 0. The van der Waals surface area contributed by atoms with Gasteiger partial charge in [0.05, 0.1) is 0 Å². The third-order valence-corrected chi connectivity index (χ3v) is 0.236. The predicted octanol–water partition coefficient (Wildman–Crippen LogP) is 0.752. The summed E-state index contributed by atoms with van der Waals surface area (Å²) in [6, 6.07) is 0. The maximum absolute atomic E-state index is 9.38. The first-order chi connectivity index (χ1) is 2.27. The van der Waals surface area contributed by atoms with Crippen LogP contribution >= 0.6 is 0 Å². The summed E-state index contributed by atoms with van der Waals surface area (Å²) >= 11 is 0. The molecule has 1 heteroatoms. The zero-order chi connectivity index (χ0) is 4.28. The van der Waals surface area contributed by atoms with Crippen molar-refractivity contribution in [2.75, 3.05) is 0 Å². The van der Waals surface area contributed by atoms with Crippen LogP contribution in [0.3, 0.4) is 0 Å². The molecule has 0 spiro atoms. The Labute approximate surface area is 32.0 Å². The van der Waals surface area contributed by atoms with Gasteiger partial charge in [0.2, 0.25) is 5.92 Å². The lowest BCUT2D eigenvalue weighted by molar-refractivity contribution is 0.537. The molecular formula is C4H7O+. The molecule has 0 heterocycles. The largest absolute Gasteiger partial charge is 0.508 e. The summed E-state index contributed by atoms with van der Waals surface area (Å²) < 4.78 is 0. The van der Waals surface area contributed by atoms with Gasteiger partial charge in [-0.3, -0.25) is 0 Å². The van der Waals surface area contributed by atoms with Gasteiger partial charge in [-0.1, -0.05) is 0 Å². The highest BCUT2D eigenvalue weighted by Gasteiger charge is 2.01. The summed E-state index contributed by atoms with van der Waals surface area (Å²) in [4.78, 5) is 9.38. The Morgan fingerprint density at radius 3 is 1.80 bits per heavy atom. The molecule has 0 aliphatic heterocycles. The van der Waals surface area contributed by atoms with Crippen molar-refractivity contribution in [3.8, 4) is 0 Å². The molecule has 1 nitrogen and oxygen atoms in total. The third kappa shape index (κ3) is 3.58. The average molecular weight is 71.1 g/mol. The number of hydrogen-bond acceptors (Lipinski definition) is 1. The van der Waals surface area contributed by atoms with Gasteiger partial charge in [0.1, 0.15) is 0 Å². The Kier molecular flexibility index (Phi) is 1.70. The van der Waals surface area contributed by atoms with Gasteiger partial charge in [0.25, 0.3) is 0 Å². The van der Waals surface area contributed by atoms with Crippen molar-refractivity contribution in [1.29, 1.82) is 0 Å². The molecular weight excluding hydrogens is 64.0 g/mol. The fourth-order valence-electron chi connectivity index (χ4n) is 0. The average Bonchev–Trinajstić information content (AvgIpc) is 1.38. The molecule has 0 atom stereocenters. The topological polar surface area (TPSA) is 17.1 Å². The van der Waals surface area contributed by atoms with Gasteiger partial charge < -0.3 is 0 Å². The van der Waals surface area contributed by atoms with Crippen LogP contribution in [0, 0.1) is 5.92 Å². The van der Waals surface area contributed by atoms with Crippen LogP contribution in [0.5, 0.6) is 0 Å². The van der Waals surface area contributed by atoms with Gasteiger partial charge in [-0.2, -0.15) is 0 Å². The Morgan fingerprint density at radius 2 is 1.80 bits per heavy atom. The quantitative estimate of drug-likeness (QED) is 0.417. The van der Waals surface area contributed by atoms with E-state index in [-0.39, 0.29) is 5.92 Å². The van der Waals surface area contributed by atoms with Crippen molar-refractivity contribution >= 4 is 6.29 Å². The number of rotatable bonds is 1. The Balaban J connectivity index is 2.83. The van der Waals surface area contributed by atoms with Crippen LogP contribution in [0.4, 0.5) is 0 Å². The monoisotopic (exact) mass is 71.0 g/mol. The Morgan fingerprint density at radius 1 is 1.60 bits per heavy atom. The van der Waals surface area contributed by atoms with E-state index in [0.29, 0.717) is 0 Å². The normalized spacial score (nSPS) is 7.80. The molecule has 0 rings (SSSR count). The lowest BCUT2D eigenvalue weighted by Crippen LogP contribution is -1.82. The molecule has 0 aromatic rings. The van der Waals surface area contributed by atoms with E-state index in [1.54, 1.807) is 20.1 Å². The van der Waals surface area contributed by atoms with Gasteiger partial charge in [-0.15, -0.1) is 0 Å². The summed E-state index contributed by atoms with van der Waals surface area (Å²) in [7, 11) is 0. The van der Waals surface area contributed by atoms with Gasteiger partial charge in [0.15, 0.2) is 0 Å². The third-order valence-electron chi connectivity index (χ3n) is 0.236. The SMILES string of the molecule is CC(C)[C+]=O. The van der Waals surface area contributed by atoms with Crippen molar-refractivity contribution in [2.24, 2.45) is 5.92 Å². The van der Waals surface area contributed by atoms with E-state index in [0.717, 1.165) is 0 Å². The van der Waals surface area contributed by atoms with Crippen LogP contribution in [-0.2, 0) is 4.79 Å². The van der Waals surface area contributed by atoms with E-state index < -0.39 is 0 Å². The minimum absolute atomic E-state index is 0.0787. The van der Waals surface area contributed by atoms with Gasteiger partial charge in [-0.05, 0) is 13.8 Å². The standard InChI is InChI=1S/C4H7O/c1-4(2)3-5/h4H,1-2H3/q+1. The molecule has 5 heavy (non-hydrogen) atoms.